The Morgan fingerprint density at radius 2 is 1.78 bits per heavy atom. The van der Waals surface area contributed by atoms with Crippen LogP contribution in [0.3, 0.4) is 0 Å². The first-order valence-electron chi connectivity index (χ1n) is 15.9. The van der Waals surface area contributed by atoms with Crippen molar-refractivity contribution in [3.63, 3.8) is 0 Å². The lowest BCUT2D eigenvalue weighted by Gasteiger charge is -2.34. The van der Waals surface area contributed by atoms with E-state index in [1.807, 2.05) is 30.2 Å². The Balaban J connectivity index is 0.000000775. The van der Waals surface area contributed by atoms with Crippen molar-refractivity contribution in [2.45, 2.75) is 40.2 Å². The first-order valence-corrected chi connectivity index (χ1v) is 16.7. The van der Waals surface area contributed by atoms with Crippen LogP contribution in [0.15, 0.2) is 79.1 Å². The van der Waals surface area contributed by atoms with E-state index < -0.39 is 0 Å². The van der Waals surface area contributed by atoms with Crippen LogP contribution in [0.2, 0.25) is 0 Å². The van der Waals surface area contributed by atoms with E-state index in [0.29, 0.717) is 19.6 Å². The number of fused-ring (bicyclic) bond motifs is 2. The molecule has 2 aliphatic heterocycles. The van der Waals surface area contributed by atoms with Crippen LogP contribution < -0.4 is 4.90 Å². The molecule has 0 spiro atoms. The molecule has 0 bridgehead atoms. The number of thiophene rings is 1. The Morgan fingerprint density at radius 1 is 1.04 bits per heavy atom. The highest BCUT2D eigenvalue weighted by molar-refractivity contribution is 7.19. The summed E-state index contributed by atoms with van der Waals surface area (Å²) in [7, 11) is 0. The second-order valence-corrected chi connectivity index (χ2v) is 13.3. The maximum Gasteiger partial charge on any atom is 0.222 e. The minimum atomic E-state index is 0.223. The van der Waals surface area contributed by atoms with Crippen molar-refractivity contribution in [2.24, 2.45) is 0 Å². The zero-order valence-electron chi connectivity index (χ0n) is 27.3. The molecule has 46 heavy (non-hydrogen) atoms. The van der Waals surface area contributed by atoms with Crippen LogP contribution in [-0.4, -0.2) is 88.4 Å². The van der Waals surface area contributed by atoms with Gasteiger partial charge in [0.25, 0.3) is 0 Å². The summed E-state index contributed by atoms with van der Waals surface area (Å²) in [5.41, 5.74) is 6.18. The molecule has 10 heteroatoms. The molecule has 0 atom stereocenters. The minimum absolute atomic E-state index is 0.223. The van der Waals surface area contributed by atoms with Crippen LogP contribution in [0.4, 0.5) is 5.82 Å². The highest BCUT2D eigenvalue weighted by Gasteiger charge is 2.24. The summed E-state index contributed by atoms with van der Waals surface area (Å²) in [4.78, 5) is 31.0. The number of ether oxygens (including phenoxy) is 1. The first-order chi connectivity index (χ1) is 22.2. The van der Waals surface area contributed by atoms with Crippen molar-refractivity contribution < 1.29 is 9.53 Å². The average Bonchev–Trinajstić information content (AvgIpc) is 3.71. The number of hydrogen-bond donors (Lipinski definition) is 1. The molecule has 2 fully saturated rings. The Labute approximate surface area is 276 Å². The average molecular weight is 640 g/mol. The molecule has 1 amide bonds. The fraction of sp³-hybridized carbons (Fsp3) is 0.389. The number of morpholine rings is 1. The lowest BCUT2D eigenvalue weighted by molar-refractivity contribution is -0.132. The number of aromatic nitrogens is 4. The summed E-state index contributed by atoms with van der Waals surface area (Å²) in [6, 6.07) is 8.32. The van der Waals surface area contributed by atoms with Gasteiger partial charge in [-0.25, -0.2) is 9.97 Å². The fourth-order valence-electron chi connectivity index (χ4n) is 5.60. The molecule has 5 heterocycles. The van der Waals surface area contributed by atoms with Gasteiger partial charge in [-0.2, -0.15) is 5.10 Å². The van der Waals surface area contributed by atoms with Crippen molar-refractivity contribution in [3.05, 3.63) is 83.9 Å². The second-order valence-electron chi connectivity index (χ2n) is 12.1. The Kier molecular flexibility index (Phi) is 11.2. The summed E-state index contributed by atoms with van der Waals surface area (Å²) >= 11 is 1.78. The lowest BCUT2D eigenvalue weighted by atomic mass is 10.1. The zero-order chi connectivity index (χ0) is 32.6. The van der Waals surface area contributed by atoms with Gasteiger partial charge < -0.3 is 14.5 Å². The lowest BCUT2D eigenvalue weighted by Crippen LogP contribution is -2.48. The molecule has 0 aliphatic carbocycles. The van der Waals surface area contributed by atoms with E-state index in [-0.39, 0.29) is 5.91 Å². The van der Waals surface area contributed by atoms with Crippen molar-refractivity contribution in [3.8, 4) is 11.4 Å². The molecular formula is C36H45N7O2S. The standard InChI is InChI=1S/C31H37N7O2S.C5H8/c1-21(2)17-22(3)7-8-28(39)37-11-9-36(10-12-37)20-23-18-27-29(41-23)31(38-13-15-40-16-14-38)34-30(33-27)24-5-4-6-26-25(24)19-32-35-26;1-4-5(2)3/h4-6,17-19H,3,7-16,20H2,1-2H3,(H,32,35);4H,1-2H2,3H3. The number of rotatable bonds is 9. The number of carbonyl (C=O) groups is 1. The molecule has 0 saturated carbocycles. The van der Waals surface area contributed by atoms with Gasteiger partial charge in [0.05, 0.1) is 35.1 Å². The van der Waals surface area contributed by atoms with E-state index in [1.165, 1.54) is 10.5 Å². The molecule has 1 aromatic carbocycles. The monoisotopic (exact) mass is 639 g/mol. The van der Waals surface area contributed by atoms with Gasteiger partial charge >= 0.3 is 0 Å². The molecule has 0 radical (unpaired) electrons. The van der Waals surface area contributed by atoms with E-state index >= 15 is 0 Å². The van der Waals surface area contributed by atoms with E-state index in [0.717, 1.165) is 102 Å². The number of benzene rings is 1. The third kappa shape index (κ3) is 8.37. The van der Waals surface area contributed by atoms with E-state index in [4.69, 9.17) is 14.7 Å². The molecule has 2 aliphatic rings. The normalized spacial score (nSPS) is 15.4. The first kappa shape index (κ1) is 33.2. The number of aromatic amines is 1. The molecule has 6 rings (SSSR count). The maximum atomic E-state index is 12.8. The topological polar surface area (TPSA) is 90.5 Å². The van der Waals surface area contributed by atoms with Crippen molar-refractivity contribution >= 4 is 44.2 Å². The van der Waals surface area contributed by atoms with Crippen molar-refractivity contribution in [1.82, 2.24) is 30.0 Å². The van der Waals surface area contributed by atoms with Crippen LogP contribution in [0.1, 0.15) is 38.5 Å². The van der Waals surface area contributed by atoms with Crippen LogP contribution in [0.5, 0.6) is 0 Å². The number of nitrogens with one attached hydrogen (secondary N) is 1. The minimum Gasteiger partial charge on any atom is -0.378 e. The Bertz CT molecular complexity index is 1740. The largest absolute Gasteiger partial charge is 0.378 e. The van der Waals surface area contributed by atoms with Gasteiger partial charge in [-0.1, -0.05) is 60.7 Å². The third-order valence-electron chi connectivity index (χ3n) is 8.05. The number of nitrogens with zero attached hydrogens (tertiary/aromatic N) is 6. The molecule has 2 saturated heterocycles. The quantitative estimate of drug-likeness (QED) is 0.202. The number of amides is 1. The van der Waals surface area contributed by atoms with Gasteiger partial charge in [0, 0.05) is 68.1 Å². The van der Waals surface area contributed by atoms with Gasteiger partial charge in [-0.05, 0) is 39.3 Å². The van der Waals surface area contributed by atoms with E-state index in [1.54, 1.807) is 17.4 Å². The van der Waals surface area contributed by atoms with Crippen LogP contribution in [0, 0.1) is 0 Å². The molecule has 242 valence electrons. The number of carbonyl (C=O) groups excluding carboxylic acids is 1. The van der Waals surface area contributed by atoms with Crippen LogP contribution in [0.25, 0.3) is 32.5 Å². The van der Waals surface area contributed by atoms with Gasteiger partial charge in [0.15, 0.2) is 11.6 Å². The predicted molar refractivity (Wildman–Crippen MR) is 190 cm³/mol. The van der Waals surface area contributed by atoms with E-state index in [9.17, 15) is 4.79 Å². The number of hydrogen-bond acceptors (Lipinski definition) is 8. The highest BCUT2D eigenvalue weighted by atomic mass is 32.1. The molecule has 3 aromatic heterocycles. The van der Waals surface area contributed by atoms with Crippen molar-refractivity contribution in [2.75, 3.05) is 57.4 Å². The van der Waals surface area contributed by atoms with Crippen molar-refractivity contribution in [1.29, 1.82) is 0 Å². The number of allylic oxidation sites excluding steroid dienone is 5. The second kappa shape index (κ2) is 15.4. The predicted octanol–water partition coefficient (Wildman–Crippen LogP) is 6.77. The SMILES string of the molecule is C=C(C=C(C)C)CCC(=O)N1CCN(Cc2cc3nc(-c4cccc5[nH]ncc45)nc(N4CCOCC4)c3s2)CC1.C=CC(=C)C. The number of H-pyrrole nitrogens is 1. The highest BCUT2D eigenvalue weighted by Crippen LogP contribution is 2.36. The van der Waals surface area contributed by atoms with Gasteiger partial charge in [0.1, 0.15) is 0 Å². The molecular weight excluding hydrogens is 595 g/mol. The maximum absolute atomic E-state index is 12.8. The van der Waals surface area contributed by atoms with Crippen LogP contribution in [-0.2, 0) is 16.1 Å². The van der Waals surface area contributed by atoms with E-state index in [2.05, 4.69) is 71.8 Å². The molecule has 0 unspecified atom stereocenters. The summed E-state index contributed by atoms with van der Waals surface area (Å²) < 4.78 is 6.75. The Hall–Kier alpha value is -4.12. The summed E-state index contributed by atoms with van der Waals surface area (Å²) in [6.45, 7) is 24.2. The summed E-state index contributed by atoms with van der Waals surface area (Å²) in [5.74, 6) is 1.92. The number of anilines is 1. The van der Waals surface area contributed by atoms with Crippen LogP contribution >= 0.6 is 11.3 Å². The smallest absolute Gasteiger partial charge is 0.222 e. The molecule has 1 N–H and O–H groups in total. The number of piperazine rings is 1. The fourth-order valence-corrected chi connectivity index (χ4v) is 6.75. The Morgan fingerprint density at radius 3 is 2.48 bits per heavy atom. The molecule has 4 aromatic rings. The van der Waals surface area contributed by atoms with Gasteiger partial charge in [-0.15, -0.1) is 11.3 Å². The molecule has 9 nitrogen and oxygen atoms in total. The summed E-state index contributed by atoms with van der Waals surface area (Å²) in [6.07, 6.45) is 6.87. The van der Waals surface area contributed by atoms with Gasteiger partial charge in [-0.3, -0.25) is 14.8 Å². The third-order valence-corrected chi connectivity index (χ3v) is 9.15. The zero-order valence-corrected chi connectivity index (χ0v) is 28.2. The van der Waals surface area contributed by atoms with Gasteiger partial charge in [0.2, 0.25) is 5.91 Å². The summed E-state index contributed by atoms with van der Waals surface area (Å²) in [5, 5.41) is 8.31.